The highest BCUT2D eigenvalue weighted by atomic mass is 16.2. The van der Waals surface area contributed by atoms with E-state index < -0.39 is 0 Å². The number of carbonyl (C=O) groups is 1. The van der Waals surface area contributed by atoms with Gasteiger partial charge in [0.25, 0.3) is 0 Å². The van der Waals surface area contributed by atoms with Crippen LogP contribution in [0, 0.1) is 0 Å². The van der Waals surface area contributed by atoms with Gasteiger partial charge in [0.05, 0.1) is 11.9 Å². The van der Waals surface area contributed by atoms with Crippen LogP contribution in [0.3, 0.4) is 0 Å². The summed E-state index contributed by atoms with van der Waals surface area (Å²) in [6, 6.07) is 22.6. The minimum Gasteiger partial charge on any atom is -0.368 e. The highest BCUT2D eigenvalue weighted by Crippen LogP contribution is 2.25. The lowest BCUT2D eigenvalue weighted by atomic mass is 10.0. The van der Waals surface area contributed by atoms with Crippen molar-refractivity contribution in [3.63, 3.8) is 0 Å². The number of hydrogen-bond acceptors (Lipinski definition) is 3. The molecule has 2 aromatic carbocycles. The summed E-state index contributed by atoms with van der Waals surface area (Å²) in [7, 11) is 0. The van der Waals surface area contributed by atoms with Gasteiger partial charge in [-0.2, -0.15) is 0 Å². The zero-order chi connectivity index (χ0) is 18.5. The normalized spacial score (nSPS) is 14.1. The molecular weight excluding hydrogens is 336 g/mol. The largest absolute Gasteiger partial charge is 0.368 e. The van der Waals surface area contributed by atoms with E-state index in [1.807, 2.05) is 23.1 Å². The Kier molecular flexibility index (Phi) is 5.01. The quantitative estimate of drug-likeness (QED) is 0.767. The fourth-order valence-corrected chi connectivity index (χ4v) is 3.32. The summed E-state index contributed by atoms with van der Waals surface area (Å²) in [5, 5.41) is 2.90. The third kappa shape index (κ3) is 4.08. The highest BCUT2D eigenvalue weighted by Gasteiger charge is 2.21. The molecule has 0 bridgehead atoms. The second-order valence-electron chi connectivity index (χ2n) is 6.56. The third-order valence-electron chi connectivity index (χ3n) is 4.80. The van der Waals surface area contributed by atoms with Gasteiger partial charge in [-0.3, -0.25) is 4.98 Å². The van der Waals surface area contributed by atoms with Crippen molar-refractivity contribution in [1.29, 1.82) is 0 Å². The van der Waals surface area contributed by atoms with Crippen molar-refractivity contribution in [2.45, 2.75) is 0 Å². The number of hydrogen-bond donors (Lipinski definition) is 1. The molecule has 1 aliphatic heterocycles. The minimum absolute atomic E-state index is 0.0688. The van der Waals surface area contributed by atoms with Crippen LogP contribution >= 0.6 is 0 Å². The summed E-state index contributed by atoms with van der Waals surface area (Å²) in [6.07, 6.45) is 3.35. The molecular formula is C22H22N4O. The zero-order valence-electron chi connectivity index (χ0n) is 15.1. The Morgan fingerprint density at radius 3 is 2.37 bits per heavy atom. The number of urea groups is 1. The number of nitrogens with one attached hydrogen (secondary N) is 1. The molecule has 0 spiro atoms. The van der Waals surface area contributed by atoms with Crippen LogP contribution in [0.2, 0.25) is 0 Å². The maximum atomic E-state index is 12.4. The van der Waals surface area contributed by atoms with Gasteiger partial charge >= 0.3 is 6.03 Å². The van der Waals surface area contributed by atoms with Gasteiger partial charge in [0.1, 0.15) is 0 Å². The van der Waals surface area contributed by atoms with Gasteiger partial charge in [0.15, 0.2) is 0 Å². The number of pyridine rings is 1. The van der Waals surface area contributed by atoms with Crippen molar-refractivity contribution < 1.29 is 4.79 Å². The molecule has 1 saturated heterocycles. The number of aromatic nitrogens is 1. The van der Waals surface area contributed by atoms with Gasteiger partial charge in [-0.1, -0.05) is 42.5 Å². The maximum Gasteiger partial charge on any atom is 0.322 e. The van der Waals surface area contributed by atoms with Gasteiger partial charge in [-0.15, -0.1) is 0 Å². The Balaban J connectivity index is 1.39. The number of piperazine rings is 1. The van der Waals surface area contributed by atoms with Crippen molar-refractivity contribution in [3.05, 3.63) is 79.1 Å². The number of benzene rings is 2. The first-order valence-electron chi connectivity index (χ1n) is 9.16. The number of amides is 2. The van der Waals surface area contributed by atoms with Crippen LogP contribution in [0.1, 0.15) is 0 Å². The molecule has 2 amide bonds. The first-order chi connectivity index (χ1) is 13.3. The third-order valence-corrected chi connectivity index (χ3v) is 4.80. The number of rotatable bonds is 3. The lowest BCUT2D eigenvalue weighted by Gasteiger charge is -2.36. The second-order valence-corrected chi connectivity index (χ2v) is 6.56. The molecule has 0 unspecified atom stereocenters. The Morgan fingerprint density at radius 1 is 0.852 bits per heavy atom. The SMILES string of the molecule is O=C(Nc1cccnc1)N1CCN(c2cccc(-c3ccccc3)c2)CC1. The molecule has 0 radical (unpaired) electrons. The maximum absolute atomic E-state index is 12.4. The first-order valence-corrected chi connectivity index (χ1v) is 9.16. The summed E-state index contributed by atoms with van der Waals surface area (Å²) in [5.41, 5.74) is 4.35. The van der Waals surface area contributed by atoms with E-state index in [1.165, 1.54) is 16.8 Å². The van der Waals surface area contributed by atoms with Crippen LogP contribution in [0.5, 0.6) is 0 Å². The highest BCUT2D eigenvalue weighted by molar-refractivity contribution is 5.89. The van der Waals surface area contributed by atoms with Crippen LogP contribution in [0.25, 0.3) is 11.1 Å². The van der Waals surface area contributed by atoms with E-state index in [0.717, 1.165) is 18.8 Å². The fourth-order valence-electron chi connectivity index (χ4n) is 3.32. The molecule has 136 valence electrons. The molecule has 0 aliphatic carbocycles. The molecule has 4 rings (SSSR count). The Morgan fingerprint density at radius 2 is 1.63 bits per heavy atom. The van der Waals surface area contributed by atoms with E-state index in [4.69, 9.17) is 0 Å². The second kappa shape index (κ2) is 7.91. The number of anilines is 2. The van der Waals surface area contributed by atoms with Gasteiger partial charge in [-0.25, -0.2) is 4.79 Å². The van der Waals surface area contributed by atoms with Crippen molar-refractivity contribution in [2.75, 3.05) is 36.4 Å². The van der Waals surface area contributed by atoms with E-state index in [-0.39, 0.29) is 6.03 Å². The van der Waals surface area contributed by atoms with Crippen LogP contribution in [-0.2, 0) is 0 Å². The summed E-state index contributed by atoms with van der Waals surface area (Å²) in [6.45, 7) is 3.03. The predicted octanol–water partition coefficient (Wildman–Crippen LogP) is 4.10. The number of nitrogens with zero attached hydrogens (tertiary/aromatic N) is 3. The summed E-state index contributed by atoms with van der Waals surface area (Å²) in [4.78, 5) is 20.6. The molecule has 1 aromatic heterocycles. The molecule has 1 fully saturated rings. The average Bonchev–Trinajstić information content (AvgIpc) is 2.75. The van der Waals surface area contributed by atoms with E-state index in [2.05, 4.69) is 63.7 Å². The lowest BCUT2D eigenvalue weighted by Crippen LogP contribution is -2.50. The lowest BCUT2D eigenvalue weighted by molar-refractivity contribution is 0.208. The molecule has 5 heteroatoms. The average molecular weight is 358 g/mol. The monoisotopic (exact) mass is 358 g/mol. The first kappa shape index (κ1) is 17.1. The van der Waals surface area contributed by atoms with Crippen molar-refractivity contribution in [3.8, 4) is 11.1 Å². The predicted molar refractivity (Wildman–Crippen MR) is 109 cm³/mol. The molecule has 0 saturated carbocycles. The van der Waals surface area contributed by atoms with Gasteiger partial charge < -0.3 is 15.1 Å². The van der Waals surface area contributed by atoms with Crippen molar-refractivity contribution >= 4 is 17.4 Å². The van der Waals surface area contributed by atoms with E-state index in [1.54, 1.807) is 12.4 Å². The van der Waals surface area contributed by atoms with Gasteiger partial charge in [-0.05, 0) is 35.4 Å². The summed E-state index contributed by atoms with van der Waals surface area (Å²) >= 11 is 0. The molecule has 27 heavy (non-hydrogen) atoms. The molecule has 2 heterocycles. The van der Waals surface area contributed by atoms with Gasteiger partial charge in [0.2, 0.25) is 0 Å². The molecule has 1 N–H and O–H groups in total. The molecule has 5 nitrogen and oxygen atoms in total. The summed E-state index contributed by atoms with van der Waals surface area (Å²) in [5.74, 6) is 0. The van der Waals surface area contributed by atoms with E-state index in [9.17, 15) is 4.79 Å². The summed E-state index contributed by atoms with van der Waals surface area (Å²) < 4.78 is 0. The molecule has 0 atom stereocenters. The van der Waals surface area contributed by atoms with Crippen LogP contribution < -0.4 is 10.2 Å². The van der Waals surface area contributed by atoms with Crippen molar-refractivity contribution in [1.82, 2.24) is 9.88 Å². The van der Waals surface area contributed by atoms with Crippen LogP contribution in [0.4, 0.5) is 16.2 Å². The topological polar surface area (TPSA) is 48.5 Å². The van der Waals surface area contributed by atoms with E-state index >= 15 is 0 Å². The molecule has 3 aromatic rings. The molecule has 1 aliphatic rings. The Bertz CT molecular complexity index is 890. The van der Waals surface area contributed by atoms with Crippen LogP contribution in [0.15, 0.2) is 79.1 Å². The van der Waals surface area contributed by atoms with E-state index in [0.29, 0.717) is 13.1 Å². The standard InChI is InChI=1S/C22H22N4O/c27-22(24-20-9-5-11-23-17-20)26-14-12-25(13-15-26)21-10-4-8-19(16-21)18-6-2-1-3-7-18/h1-11,16-17H,12-15H2,(H,24,27). The van der Waals surface area contributed by atoms with Crippen LogP contribution in [-0.4, -0.2) is 42.1 Å². The van der Waals surface area contributed by atoms with Gasteiger partial charge in [0, 0.05) is 38.1 Å². The van der Waals surface area contributed by atoms with Crippen molar-refractivity contribution in [2.24, 2.45) is 0 Å². The number of carbonyl (C=O) groups excluding carboxylic acids is 1. The zero-order valence-corrected chi connectivity index (χ0v) is 15.1. The Labute approximate surface area is 159 Å². The minimum atomic E-state index is -0.0688. The fraction of sp³-hybridized carbons (Fsp3) is 0.182. The smallest absolute Gasteiger partial charge is 0.322 e. The Hall–Kier alpha value is -3.34.